The quantitative estimate of drug-likeness (QED) is 0.897. The molecule has 0 aliphatic carbocycles. The summed E-state index contributed by atoms with van der Waals surface area (Å²) in [5, 5.41) is 3.21. The van der Waals surface area contributed by atoms with Crippen LogP contribution in [0.1, 0.15) is 11.1 Å². The maximum absolute atomic E-state index is 11.6. The Balaban J connectivity index is 1.76. The van der Waals surface area contributed by atoms with Gasteiger partial charge in [0.25, 0.3) is 0 Å². The second-order valence-corrected chi connectivity index (χ2v) is 4.89. The first-order valence-corrected chi connectivity index (χ1v) is 7.03. The fourth-order valence-electron chi connectivity index (χ4n) is 1.69. The van der Waals surface area contributed by atoms with E-state index < -0.39 is 6.09 Å². The summed E-state index contributed by atoms with van der Waals surface area (Å²) in [7, 11) is 1.60. The minimum Gasteiger partial charge on any atom is -0.497 e. The molecule has 22 heavy (non-hydrogen) atoms. The van der Waals surface area contributed by atoms with Crippen LogP contribution in [0.15, 0.2) is 54.7 Å². The number of amides is 1. The standard InChI is InChI=1S/C17H16ClNO3/c1-21-16-8-4-14(5-9-16)12-22-17(20)19-11-10-13-2-6-15(18)7-3-13/h2-11H,12H2,1H3,(H,19,20). The zero-order valence-electron chi connectivity index (χ0n) is 12.1. The molecule has 0 fully saturated rings. The Bertz CT molecular complexity index is 636. The van der Waals surface area contributed by atoms with Crippen molar-refractivity contribution in [1.29, 1.82) is 0 Å². The first kappa shape index (κ1) is 15.9. The van der Waals surface area contributed by atoms with E-state index in [1.165, 1.54) is 6.20 Å². The van der Waals surface area contributed by atoms with Gasteiger partial charge in [0.2, 0.25) is 0 Å². The summed E-state index contributed by atoms with van der Waals surface area (Å²) in [6, 6.07) is 14.6. The van der Waals surface area contributed by atoms with Crippen molar-refractivity contribution in [1.82, 2.24) is 5.32 Å². The van der Waals surface area contributed by atoms with Gasteiger partial charge in [0.15, 0.2) is 0 Å². The van der Waals surface area contributed by atoms with Crippen molar-refractivity contribution >= 4 is 23.8 Å². The fourth-order valence-corrected chi connectivity index (χ4v) is 1.82. The summed E-state index contributed by atoms with van der Waals surface area (Å²) in [5.41, 5.74) is 1.82. The van der Waals surface area contributed by atoms with Gasteiger partial charge in [-0.1, -0.05) is 35.9 Å². The highest BCUT2D eigenvalue weighted by atomic mass is 35.5. The molecule has 0 unspecified atom stereocenters. The molecule has 2 aromatic carbocycles. The number of benzene rings is 2. The smallest absolute Gasteiger partial charge is 0.411 e. The molecule has 1 amide bonds. The first-order valence-electron chi connectivity index (χ1n) is 6.66. The second kappa shape index (κ2) is 8.10. The highest BCUT2D eigenvalue weighted by Gasteiger charge is 2.00. The lowest BCUT2D eigenvalue weighted by atomic mass is 10.2. The molecule has 2 aromatic rings. The van der Waals surface area contributed by atoms with Crippen LogP contribution in [-0.2, 0) is 11.3 Å². The predicted octanol–water partition coefficient (Wildman–Crippen LogP) is 4.25. The normalized spacial score (nSPS) is 10.5. The van der Waals surface area contributed by atoms with Crippen molar-refractivity contribution in [3.05, 3.63) is 70.9 Å². The average Bonchev–Trinajstić information content (AvgIpc) is 2.55. The number of rotatable bonds is 5. The van der Waals surface area contributed by atoms with Gasteiger partial charge in [0.1, 0.15) is 12.4 Å². The minimum atomic E-state index is -0.513. The van der Waals surface area contributed by atoms with Gasteiger partial charge in [0, 0.05) is 11.2 Å². The molecule has 0 radical (unpaired) electrons. The van der Waals surface area contributed by atoms with Crippen LogP contribution in [0, 0.1) is 0 Å². The number of hydrogen-bond acceptors (Lipinski definition) is 3. The number of hydrogen-bond donors (Lipinski definition) is 1. The molecule has 0 spiro atoms. The number of carbonyl (C=O) groups excluding carboxylic acids is 1. The zero-order chi connectivity index (χ0) is 15.8. The molecule has 0 heterocycles. The van der Waals surface area contributed by atoms with Gasteiger partial charge in [-0.25, -0.2) is 4.79 Å². The van der Waals surface area contributed by atoms with E-state index in [4.69, 9.17) is 21.1 Å². The van der Waals surface area contributed by atoms with E-state index in [9.17, 15) is 4.79 Å². The van der Waals surface area contributed by atoms with Crippen molar-refractivity contribution in [2.75, 3.05) is 7.11 Å². The topological polar surface area (TPSA) is 47.6 Å². The molecule has 0 aliphatic heterocycles. The van der Waals surface area contributed by atoms with E-state index in [0.717, 1.165) is 16.9 Å². The Morgan fingerprint density at radius 2 is 1.82 bits per heavy atom. The predicted molar refractivity (Wildman–Crippen MR) is 86.8 cm³/mol. The van der Waals surface area contributed by atoms with Gasteiger partial charge in [-0.15, -0.1) is 0 Å². The Labute approximate surface area is 134 Å². The molecule has 0 aromatic heterocycles. The molecular weight excluding hydrogens is 302 g/mol. The third-order valence-electron chi connectivity index (χ3n) is 2.88. The van der Waals surface area contributed by atoms with E-state index in [0.29, 0.717) is 5.02 Å². The van der Waals surface area contributed by atoms with E-state index in [-0.39, 0.29) is 6.61 Å². The molecule has 0 saturated carbocycles. The maximum atomic E-state index is 11.6. The van der Waals surface area contributed by atoms with Gasteiger partial charge >= 0.3 is 6.09 Å². The van der Waals surface area contributed by atoms with Gasteiger partial charge in [-0.3, -0.25) is 5.32 Å². The molecule has 0 saturated heterocycles. The number of alkyl carbamates (subject to hydrolysis) is 1. The maximum Gasteiger partial charge on any atom is 0.411 e. The third kappa shape index (κ3) is 5.14. The van der Waals surface area contributed by atoms with Crippen molar-refractivity contribution < 1.29 is 14.3 Å². The molecule has 0 atom stereocenters. The molecule has 0 bridgehead atoms. The van der Waals surface area contributed by atoms with E-state index >= 15 is 0 Å². The Morgan fingerprint density at radius 1 is 1.14 bits per heavy atom. The van der Waals surface area contributed by atoms with Crippen molar-refractivity contribution in [3.63, 3.8) is 0 Å². The zero-order valence-corrected chi connectivity index (χ0v) is 12.8. The summed E-state index contributed by atoms with van der Waals surface area (Å²) < 4.78 is 10.2. The number of ether oxygens (including phenoxy) is 2. The minimum absolute atomic E-state index is 0.199. The van der Waals surface area contributed by atoms with Crippen molar-refractivity contribution in [2.45, 2.75) is 6.61 Å². The Kier molecular flexibility index (Phi) is 5.86. The lowest BCUT2D eigenvalue weighted by molar-refractivity contribution is 0.143. The van der Waals surface area contributed by atoms with Gasteiger partial charge < -0.3 is 9.47 Å². The number of nitrogens with one attached hydrogen (secondary N) is 1. The van der Waals surface area contributed by atoms with Crippen LogP contribution in [-0.4, -0.2) is 13.2 Å². The highest BCUT2D eigenvalue weighted by Crippen LogP contribution is 2.12. The van der Waals surface area contributed by atoms with Gasteiger partial charge in [0.05, 0.1) is 7.11 Å². The molecule has 1 N–H and O–H groups in total. The number of halogens is 1. The average molecular weight is 318 g/mol. The fraction of sp³-hybridized carbons (Fsp3) is 0.118. The summed E-state index contributed by atoms with van der Waals surface area (Å²) in [4.78, 5) is 11.6. The summed E-state index contributed by atoms with van der Waals surface area (Å²) in [6.45, 7) is 0.199. The van der Waals surface area contributed by atoms with Crippen LogP contribution < -0.4 is 10.1 Å². The van der Waals surface area contributed by atoms with E-state index in [2.05, 4.69) is 5.32 Å². The van der Waals surface area contributed by atoms with Crippen LogP contribution >= 0.6 is 11.6 Å². The highest BCUT2D eigenvalue weighted by molar-refractivity contribution is 6.30. The van der Waals surface area contributed by atoms with Crippen LogP contribution in [0.5, 0.6) is 5.75 Å². The Morgan fingerprint density at radius 3 is 2.45 bits per heavy atom. The van der Waals surface area contributed by atoms with Gasteiger partial charge in [-0.2, -0.15) is 0 Å². The summed E-state index contributed by atoms with van der Waals surface area (Å²) in [6.07, 6.45) is 2.77. The molecular formula is C17H16ClNO3. The van der Waals surface area contributed by atoms with Crippen LogP contribution in [0.4, 0.5) is 4.79 Å². The lowest BCUT2D eigenvalue weighted by Crippen LogP contribution is -2.18. The number of carbonyl (C=O) groups is 1. The van der Waals surface area contributed by atoms with E-state index in [1.807, 2.05) is 36.4 Å². The largest absolute Gasteiger partial charge is 0.497 e. The summed E-state index contributed by atoms with van der Waals surface area (Å²) >= 11 is 5.79. The molecule has 114 valence electrons. The van der Waals surface area contributed by atoms with Crippen LogP contribution in [0.25, 0.3) is 6.08 Å². The molecule has 4 nitrogen and oxygen atoms in total. The van der Waals surface area contributed by atoms with E-state index in [1.54, 1.807) is 25.3 Å². The summed E-state index contributed by atoms with van der Waals surface area (Å²) in [5.74, 6) is 0.763. The molecule has 0 aliphatic rings. The monoisotopic (exact) mass is 317 g/mol. The van der Waals surface area contributed by atoms with Crippen molar-refractivity contribution in [2.24, 2.45) is 0 Å². The SMILES string of the molecule is COc1ccc(COC(=O)NC=Cc2ccc(Cl)cc2)cc1. The molecule has 2 rings (SSSR count). The number of methoxy groups -OCH3 is 1. The third-order valence-corrected chi connectivity index (χ3v) is 3.13. The second-order valence-electron chi connectivity index (χ2n) is 4.45. The Hall–Kier alpha value is -2.46. The first-order chi connectivity index (χ1) is 10.7. The molecule has 5 heteroatoms. The van der Waals surface area contributed by atoms with Crippen LogP contribution in [0.3, 0.4) is 0 Å². The van der Waals surface area contributed by atoms with Crippen LogP contribution in [0.2, 0.25) is 5.02 Å². The van der Waals surface area contributed by atoms with Crippen molar-refractivity contribution in [3.8, 4) is 5.75 Å². The van der Waals surface area contributed by atoms with Gasteiger partial charge in [-0.05, 0) is 41.5 Å². The lowest BCUT2D eigenvalue weighted by Gasteiger charge is -2.05.